The molecule has 0 atom stereocenters. The van der Waals surface area contributed by atoms with Gasteiger partial charge in [-0.05, 0) is 73.7 Å². The van der Waals surface area contributed by atoms with Crippen molar-refractivity contribution in [2.45, 2.75) is 23.6 Å². The van der Waals surface area contributed by atoms with Crippen molar-refractivity contribution in [1.29, 1.82) is 0 Å². The van der Waals surface area contributed by atoms with E-state index in [-0.39, 0.29) is 4.90 Å². The van der Waals surface area contributed by atoms with E-state index in [0.29, 0.717) is 11.4 Å². The fourth-order valence-corrected chi connectivity index (χ4v) is 4.22. The molecule has 0 aromatic heterocycles. The highest BCUT2D eigenvalue weighted by atomic mass is 32.2. The van der Waals surface area contributed by atoms with Gasteiger partial charge in [0.1, 0.15) is 0 Å². The maximum atomic E-state index is 12.6. The fraction of sp³-hybridized carbons (Fsp3) is 0.136. The first kappa shape index (κ1) is 20.2. The first-order chi connectivity index (χ1) is 13.4. The van der Waals surface area contributed by atoms with Crippen LogP contribution in [0.4, 0.5) is 11.4 Å². The highest BCUT2D eigenvalue weighted by Crippen LogP contribution is 2.22. The maximum Gasteiger partial charge on any atom is 0.261 e. The fourth-order valence-electron chi connectivity index (χ4n) is 2.68. The molecule has 0 spiro atoms. The van der Waals surface area contributed by atoms with E-state index < -0.39 is 10.0 Å². The minimum atomic E-state index is -3.64. The molecule has 0 aliphatic heterocycles. The lowest BCUT2D eigenvalue weighted by Gasteiger charge is -2.11. The second kappa shape index (κ2) is 8.63. The van der Waals surface area contributed by atoms with Crippen LogP contribution < -0.4 is 4.72 Å². The van der Waals surface area contributed by atoms with Crippen molar-refractivity contribution in [3.8, 4) is 0 Å². The number of nitrogens with one attached hydrogen (secondary N) is 1. The third kappa shape index (κ3) is 5.03. The molecule has 0 fully saturated rings. The molecule has 0 aliphatic rings. The summed E-state index contributed by atoms with van der Waals surface area (Å²) in [6, 6.07) is 20.2. The molecule has 0 bridgehead atoms. The van der Waals surface area contributed by atoms with Crippen LogP contribution in [0.3, 0.4) is 0 Å². The summed E-state index contributed by atoms with van der Waals surface area (Å²) in [5.41, 5.74) is 4.25. The molecule has 0 heterocycles. The van der Waals surface area contributed by atoms with E-state index in [1.165, 1.54) is 4.90 Å². The number of aryl methyl sites for hydroxylation is 2. The van der Waals surface area contributed by atoms with Gasteiger partial charge < -0.3 is 0 Å². The van der Waals surface area contributed by atoms with Crippen LogP contribution in [0.25, 0.3) is 0 Å². The quantitative estimate of drug-likeness (QED) is 0.426. The summed E-state index contributed by atoms with van der Waals surface area (Å²) in [5, 5.41) is 0. The number of aliphatic imine (C=N–C) groups is 1. The van der Waals surface area contributed by atoms with Gasteiger partial charge in [-0.3, -0.25) is 9.71 Å². The van der Waals surface area contributed by atoms with E-state index in [1.54, 1.807) is 48.3 Å². The van der Waals surface area contributed by atoms with Crippen molar-refractivity contribution in [3.63, 3.8) is 0 Å². The number of benzene rings is 3. The molecule has 6 heteroatoms. The molecule has 0 unspecified atom stereocenters. The summed E-state index contributed by atoms with van der Waals surface area (Å²) < 4.78 is 27.9. The number of thioether (sulfide) groups is 1. The Hall–Kier alpha value is -2.57. The Morgan fingerprint density at radius 2 is 1.61 bits per heavy atom. The van der Waals surface area contributed by atoms with Crippen molar-refractivity contribution in [2.75, 3.05) is 11.0 Å². The number of anilines is 1. The summed E-state index contributed by atoms with van der Waals surface area (Å²) in [6.07, 6.45) is 3.80. The number of hydrogen-bond donors (Lipinski definition) is 1. The topological polar surface area (TPSA) is 58.5 Å². The molecular weight excluding hydrogens is 388 g/mol. The standard InChI is InChI=1S/C22H22N2O2S2/c1-16-4-13-22(17(2)14-16)24-28(25,26)21-11-7-19(8-12-21)23-15-18-5-9-20(27-3)10-6-18/h4-15,24H,1-3H3. The molecule has 3 rings (SSSR count). The van der Waals surface area contributed by atoms with Crippen molar-refractivity contribution in [1.82, 2.24) is 0 Å². The van der Waals surface area contributed by atoms with Gasteiger partial charge in [0, 0.05) is 11.1 Å². The van der Waals surface area contributed by atoms with Crippen LogP contribution in [0.5, 0.6) is 0 Å². The molecule has 144 valence electrons. The smallest absolute Gasteiger partial charge is 0.261 e. The lowest BCUT2D eigenvalue weighted by atomic mass is 10.1. The van der Waals surface area contributed by atoms with Crippen molar-refractivity contribution in [2.24, 2.45) is 4.99 Å². The third-order valence-corrected chi connectivity index (χ3v) is 6.38. The van der Waals surface area contributed by atoms with Gasteiger partial charge in [-0.25, -0.2) is 8.42 Å². The minimum absolute atomic E-state index is 0.204. The van der Waals surface area contributed by atoms with Crippen LogP contribution in [0.1, 0.15) is 16.7 Å². The molecular formula is C22H22N2O2S2. The Bertz CT molecular complexity index is 1090. The van der Waals surface area contributed by atoms with E-state index in [2.05, 4.69) is 9.71 Å². The van der Waals surface area contributed by atoms with E-state index >= 15 is 0 Å². The number of rotatable bonds is 6. The number of sulfonamides is 1. The van der Waals surface area contributed by atoms with Crippen LogP contribution in [0, 0.1) is 13.8 Å². The van der Waals surface area contributed by atoms with E-state index in [0.717, 1.165) is 16.7 Å². The Kier molecular flexibility index (Phi) is 6.21. The van der Waals surface area contributed by atoms with Gasteiger partial charge in [-0.2, -0.15) is 0 Å². The molecule has 0 amide bonds. The van der Waals surface area contributed by atoms with Gasteiger partial charge in [0.15, 0.2) is 0 Å². The van der Waals surface area contributed by atoms with Crippen molar-refractivity contribution in [3.05, 3.63) is 83.4 Å². The lowest BCUT2D eigenvalue weighted by Crippen LogP contribution is -2.13. The van der Waals surface area contributed by atoms with E-state index in [4.69, 9.17) is 0 Å². The third-order valence-electron chi connectivity index (χ3n) is 4.25. The average molecular weight is 411 g/mol. The summed E-state index contributed by atoms with van der Waals surface area (Å²) in [7, 11) is -3.64. The number of hydrogen-bond acceptors (Lipinski definition) is 4. The second-order valence-electron chi connectivity index (χ2n) is 6.45. The zero-order valence-electron chi connectivity index (χ0n) is 16.0. The molecule has 0 saturated carbocycles. The van der Waals surface area contributed by atoms with Crippen LogP contribution in [-0.4, -0.2) is 20.9 Å². The molecule has 0 radical (unpaired) electrons. The van der Waals surface area contributed by atoms with Gasteiger partial charge in [0.25, 0.3) is 10.0 Å². The zero-order valence-corrected chi connectivity index (χ0v) is 17.6. The Morgan fingerprint density at radius 3 is 2.21 bits per heavy atom. The first-order valence-electron chi connectivity index (χ1n) is 8.76. The molecule has 4 nitrogen and oxygen atoms in total. The van der Waals surface area contributed by atoms with E-state index in [9.17, 15) is 8.42 Å². The van der Waals surface area contributed by atoms with Crippen LogP contribution in [0.2, 0.25) is 0 Å². The predicted octanol–water partition coefficient (Wildman–Crippen LogP) is 5.58. The number of nitrogens with zero attached hydrogens (tertiary/aromatic N) is 1. The summed E-state index contributed by atoms with van der Waals surface area (Å²) in [4.78, 5) is 5.82. The molecule has 1 N–H and O–H groups in total. The van der Waals surface area contributed by atoms with Crippen LogP contribution >= 0.6 is 11.8 Å². The van der Waals surface area contributed by atoms with Crippen LogP contribution in [-0.2, 0) is 10.0 Å². The van der Waals surface area contributed by atoms with Crippen molar-refractivity contribution >= 4 is 39.4 Å². The molecule has 3 aromatic rings. The maximum absolute atomic E-state index is 12.6. The Morgan fingerprint density at radius 1 is 0.929 bits per heavy atom. The first-order valence-corrected chi connectivity index (χ1v) is 11.5. The molecule has 0 saturated heterocycles. The Balaban J connectivity index is 1.74. The van der Waals surface area contributed by atoms with Crippen molar-refractivity contribution < 1.29 is 8.42 Å². The van der Waals surface area contributed by atoms with Gasteiger partial charge in [0.05, 0.1) is 16.3 Å². The summed E-state index contributed by atoms with van der Waals surface area (Å²) in [5.74, 6) is 0. The molecule has 0 aliphatic carbocycles. The van der Waals surface area contributed by atoms with Crippen LogP contribution in [0.15, 0.2) is 81.5 Å². The highest BCUT2D eigenvalue weighted by molar-refractivity contribution is 7.98. The summed E-state index contributed by atoms with van der Waals surface area (Å²) in [6.45, 7) is 3.86. The minimum Gasteiger partial charge on any atom is -0.279 e. The lowest BCUT2D eigenvalue weighted by molar-refractivity contribution is 0.601. The highest BCUT2D eigenvalue weighted by Gasteiger charge is 2.15. The SMILES string of the molecule is CSc1ccc(C=Nc2ccc(S(=O)(=O)Nc3ccc(C)cc3C)cc2)cc1. The summed E-state index contributed by atoms with van der Waals surface area (Å²) >= 11 is 1.69. The Labute approximate surface area is 170 Å². The normalized spacial score (nSPS) is 11.7. The monoisotopic (exact) mass is 410 g/mol. The zero-order chi connectivity index (χ0) is 20.1. The predicted molar refractivity (Wildman–Crippen MR) is 119 cm³/mol. The second-order valence-corrected chi connectivity index (χ2v) is 9.01. The van der Waals surface area contributed by atoms with Gasteiger partial charge in [0.2, 0.25) is 0 Å². The average Bonchev–Trinajstić information content (AvgIpc) is 2.69. The molecule has 3 aromatic carbocycles. The largest absolute Gasteiger partial charge is 0.279 e. The van der Waals surface area contributed by atoms with E-state index in [1.807, 2.05) is 56.5 Å². The van der Waals surface area contributed by atoms with Gasteiger partial charge >= 0.3 is 0 Å². The van der Waals surface area contributed by atoms with Gasteiger partial charge in [-0.1, -0.05) is 29.8 Å². The molecule has 28 heavy (non-hydrogen) atoms. The van der Waals surface area contributed by atoms with Gasteiger partial charge in [-0.15, -0.1) is 11.8 Å².